The van der Waals surface area contributed by atoms with Gasteiger partial charge in [-0.05, 0) is 44.2 Å². The Morgan fingerprint density at radius 1 is 1.28 bits per heavy atom. The molecule has 4 rings (SSSR count). The van der Waals surface area contributed by atoms with Crippen LogP contribution in [-0.2, 0) is 18.3 Å². The topological polar surface area (TPSA) is 83.0 Å². The molecule has 1 unspecified atom stereocenters. The smallest absolute Gasteiger partial charge is 0.276 e. The van der Waals surface area contributed by atoms with Crippen LogP contribution in [0.4, 0.5) is 0 Å². The lowest BCUT2D eigenvalue weighted by Crippen LogP contribution is -2.48. The standard InChI is InChI=1S/C19H20N4O2/c20-12-19(16-8-3-4-10-21-16)9-5-11-23(13-19)18(24)17-14-6-1-2-7-15(14)25-22-17/h3-4,8,10H,1-2,5-7,9,11,13H2. The second kappa shape index (κ2) is 6.32. The number of piperidine rings is 1. The van der Waals surface area contributed by atoms with E-state index in [2.05, 4.69) is 16.2 Å². The van der Waals surface area contributed by atoms with E-state index in [4.69, 9.17) is 4.52 Å². The van der Waals surface area contributed by atoms with Crippen LogP contribution < -0.4 is 0 Å². The van der Waals surface area contributed by atoms with Crippen LogP contribution in [0.15, 0.2) is 28.9 Å². The lowest BCUT2D eigenvalue weighted by atomic mass is 9.78. The molecule has 1 atom stereocenters. The number of rotatable bonds is 2. The molecule has 0 N–H and O–H groups in total. The van der Waals surface area contributed by atoms with E-state index < -0.39 is 5.41 Å². The van der Waals surface area contributed by atoms with Gasteiger partial charge in [-0.25, -0.2) is 0 Å². The SMILES string of the molecule is N#CC1(c2ccccn2)CCCN(C(=O)c2noc3c2CCCC3)C1. The van der Waals surface area contributed by atoms with Gasteiger partial charge >= 0.3 is 0 Å². The number of nitriles is 1. The van der Waals surface area contributed by atoms with Crippen LogP contribution in [0.5, 0.6) is 0 Å². The summed E-state index contributed by atoms with van der Waals surface area (Å²) in [4.78, 5) is 19.2. The second-order valence-corrected chi connectivity index (χ2v) is 6.88. The van der Waals surface area contributed by atoms with Gasteiger partial charge in [0.1, 0.15) is 11.2 Å². The van der Waals surface area contributed by atoms with E-state index in [9.17, 15) is 10.1 Å². The third-order valence-electron chi connectivity index (χ3n) is 5.30. The number of carbonyl (C=O) groups is 1. The van der Waals surface area contributed by atoms with Crippen molar-refractivity contribution in [3.63, 3.8) is 0 Å². The van der Waals surface area contributed by atoms with Gasteiger partial charge in [-0.2, -0.15) is 5.26 Å². The minimum atomic E-state index is -0.751. The van der Waals surface area contributed by atoms with Gasteiger partial charge in [0.2, 0.25) is 0 Å². The molecule has 0 bridgehead atoms. The van der Waals surface area contributed by atoms with Crippen LogP contribution in [0.3, 0.4) is 0 Å². The molecule has 2 aromatic heterocycles. The molecule has 1 aliphatic heterocycles. The highest BCUT2D eigenvalue weighted by atomic mass is 16.5. The first-order chi connectivity index (χ1) is 12.2. The fraction of sp³-hybridized carbons (Fsp3) is 0.474. The van der Waals surface area contributed by atoms with E-state index in [1.807, 2.05) is 18.2 Å². The first-order valence-electron chi connectivity index (χ1n) is 8.83. The second-order valence-electron chi connectivity index (χ2n) is 6.88. The van der Waals surface area contributed by atoms with Gasteiger partial charge in [0, 0.05) is 31.3 Å². The number of hydrogen-bond acceptors (Lipinski definition) is 5. The van der Waals surface area contributed by atoms with Crippen molar-refractivity contribution in [1.82, 2.24) is 15.0 Å². The average Bonchev–Trinajstić information content (AvgIpc) is 3.12. The minimum absolute atomic E-state index is 0.123. The molecule has 0 aromatic carbocycles. The highest BCUT2D eigenvalue weighted by Gasteiger charge is 2.41. The molecule has 2 aromatic rings. The van der Waals surface area contributed by atoms with Gasteiger partial charge in [0.05, 0.1) is 11.8 Å². The zero-order valence-corrected chi connectivity index (χ0v) is 14.1. The molecule has 1 saturated heterocycles. The Balaban J connectivity index is 1.62. The van der Waals surface area contributed by atoms with E-state index in [0.717, 1.165) is 49.1 Å². The summed E-state index contributed by atoms with van der Waals surface area (Å²) in [7, 11) is 0. The minimum Gasteiger partial charge on any atom is -0.360 e. The number of fused-ring (bicyclic) bond motifs is 1. The molecule has 1 amide bonds. The van der Waals surface area contributed by atoms with Gasteiger partial charge in [0.15, 0.2) is 5.69 Å². The number of carbonyl (C=O) groups excluding carboxylic acids is 1. The molecule has 1 aliphatic carbocycles. The summed E-state index contributed by atoms with van der Waals surface area (Å²) in [6.07, 6.45) is 7.02. The lowest BCUT2D eigenvalue weighted by molar-refractivity contribution is 0.0661. The molecular formula is C19H20N4O2. The van der Waals surface area contributed by atoms with Crippen LogP contribution >= 0.6 is 0 Å². The van der Waals surface area contributed by atoms with Crippen molar-refractivity contribution in [2.24, 2.45) is 0 Å². The first kappa shape index (κ1) is 15.8. The monoisotopic (exact) mass is 336 g/mol. The van der Waals surface area contributed by atoms with Gasteiger partial charge < -0.3 is 9.42 Å². The Morgan fingerprint density at radius 2 is 2.16 bits per heavy atom. The molecule has 0 spiro atoms. The molecule has 25 heavy (non-hydrogen) atoms. The van der Waals surface area contributed by atoms with Gasteiger partial charge in [0.25, 0.3) is 5.91 Å². The summed E-state index contributed by atoms with van der Waals surface area (Å²) in [5.41, 5.74) is 1.38. The largest absolute Gasteiger partial charge is 0.360 e. The maximum absolute atomic E-state index is 13.0. The Morgan fingerprint density at radius 3 is 2.96 bits per heavy atom. The Bertz CT molecular complexity index is 824. The average molecular weight is 336 g/mol. The molecule has 1 fully saturated rings. The molecule has 3 heterocycles. The van der Waals surface area contributed by atoms with Crippen molar-refractivity contribution in [3.05, 3.63) is 47.1 Å². The quantitative estimate of drug-likeness (QED) is 0.842. The maximum Gasteiger partial charge on any atom is 0.276 e. The lowest BCUT2D eigenvalue weighted by Gasteiger charge is -2.37. The van der Waals surface area contributed by atoms with Crippen LogP contribution in [0, 0.1) is 11.3 Å². The number of likely N-dealkylation sites (tertiary alicyclic amines) is 1. The highest BCUT2D eigenvalue weighted by Crippen LogP contribution is 2.34. The predicted octanol–water partition coefficient (Wildman–Crippen LogP) is 2.65. The van der Waals surface area contributed by atoms with E-state index in [0.29, 0.717) is 25.2 Å². The molecule has 128 valence electrons. The van der Waals surface area contributed by atoms with Crippen LogP contribution in [0.1, 0.15) is 53.2 Å². The number of pyridine rings is 1. The van der Waals surface area contributed by atoms with Gasteiger partial charge in [-0.1, -0.05) is 11.2 Å². The summed E-state index contributed by atoms with van der Waals surface area (Å²) in [6, 6.07) is 8.02. The summed E-state index contributed by atoms with van der Waals surface area (Å²) in [5.74, 6) is 0.727. The van der Waals surface area contributed by atoms with Gasteiger partial charge in [-0.15, -0.1) is 0 Å². The van der Waals surface area contributed by atoms with E-state index >= 15 is 0 Å². The maximum atomic E-state index is 13.0. The fourth-order valence-electron chi connectivity index (χ4n) is 3.93. The molecule has 0 radical (unpaired) electrons. The van der Waals surface area contributed by atoms with Crippen molar-refractivity contribution in [2.75, 3.05) is 13.1 Å². The van der Waals surface area contributed by atoms with Crippen molar-refractivity contribution in [1.29, 1.82) is 5.26 Å². The van der Waals surface area contributed by atoms with Crippen molar-refractivity contribution in [3.8, 4) is 6.07 Å². The Hall–Kier alpha value is -2.68. The van der Waals surface area contributed by atoms with Crippen LogP contribution in [0.2, 0.25) is 0 Å². The van der Waals surface area contributed by atoms with Crippen molar-refractivity contribution < 1.29 is 9.32 Å². The predicted molar refractivity (Wildman–Crippen MR) is 89.8 cm³/mol. The zero-order chi connectivity index (χ0) is 17.3. The molecule has 0 saturated carbocycles. The number of hydrogen-bond donors (Lipinski definition) is 0. The number of aryl methyl sites for hydroxylation is 1. The van der Waals surface area contributed by atoms with Crippen molar-refractivity contribution in [2.45, 2.75) is 43.9 Å². The molecule has 6 heteroatoms. The molecule has 6 nitrogen and oxygen atoms in total. The van der Waals surface area contributed by atoms with Crippen LogP contribution in [-0.4, -0.2) is 34.0 Å². The van der Waals surface area contributed by atoms with E-state index in [-0.39, 0.29) is 5.91 Å². The molecular weight excluding hydrogens is 316 g/mol. The summed E-state index contributed by atoms with van der Waals surface area (Å²) in [5, 5.41) is 13.9. The zero-order valence-electron chi connectivity index (χ0n) is 14.1. The number of nitrogens with zero attached hydrogens (tertiary/aromatic N) is 4. The molecule has 2 aliphatic rings. The third-order valence-corrected chi connectivity index (χ3v) is 5.30. The number of amides is 1. The normalized spacial score (nSPS) is 22.9. The number of aromatic nitrogens is 2. The van der Waals surface area contributed by atoms with Crippen LogP contribution in [0.25, 0.3) is 0 Å². The van der Waals surface area contributed by atoms with Gasteiger partial charge in [-0.3, -0.25) is 9.78 Å². The summed E-state index contributed by atoms with van der Waals surface area (Å²) >= 11 is 0. The van der Waals surface area contributed by atoms with E-state index in [1.165, 1.54) is 0 Å². The Kier molecular flexibility index (Phi) is 4.00. The Labute approximate surface area is 146 Å². The third kappa shape index (κ3) is 2.70. The first-order valence-corrected chi connectivity index (χ1v) is 8.83. The fourth-order valence-corrected chi connectivity index (χ4v) is 3.93. The highest BCUT2D eigenvalue weighted by molar-refractivity contribution is 5.94. The van der Waals surface area contributed by atoms with Crippen molar-refractivity contribution >= 4 is 5.91 Å². The van der Waals surface area contributed by atoms with E-state index in [1.54, 1.807) is 11.1 Å². The summed E-state index contributed by atoms with van der Waals surface area (Å²) in [6.45, 7) is 0.984. The summed E-state index contributed by atoms with van der Waals surface area (Å²) < 4.78 is 5.39.